The Morgan fingerprint density at radius 1 is 1.18 bits per heavy atom. The second kappa shape index (κ2) is 7.89. The highest BCUT2D eigenvalue weighted by atomic mass is 35.5. The van der Waals surface area contributed by atoms with E-state index in [1.807, 2.05) is 0 Å². The Morgan fingerprint density at radius 3 is 2.71 bits per heavy atom. The molecule has 0 bridgehead atoms. The number of imidazole rings is 1. The van der Waals surface area contributed by atoms with E-state index in [9.17, 15) is 23.1 Å². The number of para-hydroxylation sites is 2. The Labute approximate surface area is 198 Å². The average Bonchev–Trinajstić information content (AvgIpc) is 3.15. The molecular weight excluding hydrogens is 484 g/mol. The molecule has 0 saturated carbocycles. The predicted octanol–water partition coefficient (Wildman–Crippen LogP) is 2.96. The molecule has 34 heavy (non-hydrogen) atoms. The number of halogens is 1. The lowest BCUT2D eigenvalue weighted by molar-refractivity contribution is 0.0690. The van der Waals surface area contributed by atoms with Crippen LogP contribution in [0.15, 0.2) is 58.2 Å². The number of carbonyl (C=O) groups is 1. The number of aromatic amines is 1. The zero-order valence-electron chi connectivity index (χ0n) is 17.6. The second-order valence-electron chi connectivity index (χ2n) is 7.60. The van der Waals surface area contributed by atoms with Crippen molar-refractivity contribution in [2.24, 2.45) is 0 Å². The molecule has 2 aromatic carbocycles. The first kappa shape index (κ1) is 22.0. The van der Waals surface area contributed by atoms with Gasteiger partial charge in [-0.15, -0.1) is 0 Å². The zero-order valence-corrected chi connectivity index (χ0v) is 19.2. The SMILES string of the molecule is Cc1cc(C(=O)O)nc2c1[nH]c(=O)n2-c1cc(S(=O)(=O)N2CCOc3ccccc32)ccc1Cl. The Hall–Kier alpha value is -3.83. The molecule has 10 nitrogen and oxygen atoms in total. The maximum Gasteiger partial charge on any atom is 0.354 e. The molecule has 0 radical (unpaired) electrons. The molecular formula is C22H17ClN4O6S. The van der Waals surface area contributed by atoms with Crippen molar-refractivity contribution in [1.29, 1.82) is 0 Å². The number of nitrogens with zero attached hydrogens (tertiary/aromatic N) is 3. The van der Waals surface area contributed by atoms with Crippen molar-refractivity contribution in [3.63, 3.8) is 0 Å². The molecule has 0 aliphatic carbocycles. The van der Waals surface area contributed by atoms with E-state index in [1.165, 1.54) is 28.6 Å². The summed E-state index contributed by atoms with van der Waals surface area (Å²) < 4.78 is 35.0. The summed E-state index contributed by atoms with van der Waals surface area (Å²) in [5.41, 5.74) is 0.386. The number of nitrogens with one attached hydrogen (secondary N) is 1. The molecule has 0 fully saturated rings. The van der Waals surface area contributed by atoms with Gasteiger partial charge in [-0.2, -0.15) is 0 Å². The van der Waals surface area contributed by atoms with E-state index >= 15 is 0 Å². The largest absolute Gasteiger partial charge is 0.489 e. The van der Waals surface area contributed by atoms with Gasteiger partial charge in [0.15, 0.2) is 11.3 Å². The minimum Gasteiger partial charge on any atom is -0.489 e. The van der Waals surface area contributed by atoms with E-state index < -0.39 is 21.7 Å². The summed E-state index contributed by atoms with van der Waals surface area (Å²) in [5.74, 6) is -0.821. The van der Waals surface area contributed by atoms with Crippen molar-refractivity contribution in [1.82, 2.24) is 14.5 Å². The van der Waals surface area contributed by atoms with Crippen molar-refractivity contribution < 1.29 is 23.1 Å². The second-order valence-corrected chi connectivity index (χ2v) is 9.87. The Kier molecular flexibility index (Phi) is 5.10. The number of H-pyrrole nitrogens is 1. The van der Waals surface area contributed by atoms with Gasteiger partial charge in [-0.05, 0) is 48.9 Å². The van der Waals surface area contributed by atoms with Crippen LogP contribution in [-0.4, -0.2) is 47.2 Å². The van der Waals surface area contributed by atoms with Crippen molar-refractivity contribution in [3.8, 4) is 11.4 Å². The van der Waals surface area contributed by atoms with Gasteiger partial charge in [0.25, 0.3) is 10.0 Å². The molecule has 1 aliphatic heterocycles. The highest BCUT2D eigenvalue weighted by Crippen LogP contribution is 2.36. The summed E-state index contributed by atoms with van der Waals surface area (Å²) >= 11 is 6.37. The fraction of sp³-hybridized carbons (Fsp3) is 0.136. The molecule has 4 aromatic rings. The van der Waals surface area contributed by atoms with Crippen LogP contribution in [0.5, 0.6) is 5.75 Å². The summed E-state index contributed by atoms with van der Waals surface area (Å²) in [4.78, 5) is 31.0. The van der Waals surface area contributed by atoms with E-state index in [0.717, 1.165) is 4.57 Å². The summed E-state index contributed by atoms with van der Waals surface area (Å²) in [6.07, 6.45) is 0. The molecule has 174 valence electrons. The van der Waals surface area contributed by atoms with E-state index in [1.54, 1.807) is 31.2 Å². The minimum absolute atomic E-state index is 0.0237. The van der Waals surface area contributed by atoms with Crippen LogP contribution in [0.1, 0.15) is 16.1 Å². The van der Waals surface area contributed by atoms with E-state index in [2.05, 4.69) is 9.97 Å². The quantitative estimate of drug-likeness (QED) is 0.440. The van der Waals surface area contributed by atoms with Crippen LogP contribution in [0.2, 0.25) is 5.02 Å². The number of carboxylic acids is 1. The van der Waals surface area contributed by atoms with Gasteiger partial charge < -0.3 is 14.8 Å². The molecule has 3 heterocycles. The standard InChI is InChI=1S/C22H17ClN4O6S/c1-12-10-15(21(28)29)24-20-19(12)25-22(30)27(20)17-11-13(6-7-14(17)23)34(31,32)26-8-9-33-18-5-3-2-4-16(18)26/h2-7,10-11H,8-9H2,1H3,(H,25,30)(H,28,29). The number of rotatable bonds is 4. The Morgan fingerprint density at radius 2 is 1.94 bits per heavy atom. The lowest BCUT2D eigenvalue weighted by Crippen LogP contribution is -2.38. The van der Waals surface area contributed by atoms with Crippen LogP contribution in [0.3, 0.4) is 0 Å². The van der Waals surface area contributed by atoms with Gasteiger partial charge in [0, 0.05) is 0 Å². The van der Waals surface area contributed by atoms with Crippen molar-refractivity contribution >= 4 is 44.4 Å². The number of hydrogen-bond donors (Lipinski definition) is 2. The molecule has 0 unspecified atom stereocenters. The third kappa shape index (κ3) is 3.40. The lowest BCUT2D eigenvalue weighted by atomic mass is 10.2. The summed E-state index contributed by atoms with van der Waals surface area (Å²) in [6, 6.07) is 12.1. The number of hydrogen-bond acceptors (Lipinski definition) is 6. The molecule has 1 aliphatic rings. The number of aromatic carboxylic acids is 1. The van der Waals surface area contributed by atoms with Gasteiger partial charge in [0.05, 0.1) is 33.4 Å². The molecule has 2 N–H and O–H groups in total. The number of fused-ring (bicyclic) bond motifs is 2. The number of aryl methyl sites for hydroxylation is 1. The fourth-order valence-electron chi connectivity index (χ4n) is 3.91. The van der Waals surface area contributed by atoms with Gasteiger partial charge in [-0.25, -0.2) is 27.6 Å². The first-order valence-electron chi connectivity index (χ1n) is 10.1. The Balaban J connectivity index is 1.70. The number of sulfonamides is 1. The first-order chi connectivity index (χ1) is 16.2. The van der Waals surface area contributed by atoms with Crippen LogP contribution in [-0.2, 0) is 10.0 Å². The van der Waals surface area contributed by atoms with Crippen LogP contribution >= 0.6 is 11.6 Å². The van der Waals surface area contributed by atoms with Gasteiger partial charge >= 0.3 is 11.7 Å². The average molecular weight is 501 g/mol. The predicted molar refractivity (Wildman–Crippen MR) is 125 cm³/mol. The smallest absolute Gasteiger partial charge is 0.354 e. The van der Waals surface area contributed by atoms with Crippen LogP contribution in [0.4, 0.5) is 5.69 Å². The number of aromatic nitrogens is 3. The third-order valence-electron chi connectivity index (χ3n) is 5.50. The lowest BCUT2D eigenvalue weighted by Gasteiger charge is -2.30. The number of anilines is 1. The number of benzene rings is 2. The summed E-state index contributed by atoms with van der Waals surface area (Å²) in [7, 11) is -4.05. The summed E-state index contributed by atoms with van der Waals surface area (Å²) in [6.45, 7) is 1.92. The molecule has 0 spiro atoms. The first-order valence-corrected chi connectivity index (χ1v) is 11.9. The third-order valence-corrected chi connectivity index (χ3v) is 7.62. The molecule has 12 heteroatoms. The van der Waals surface area contributed by atoms with Crippen LogP contribution in [0.25, 0.3) is 16.9 Å². The molecule has 0 amide bonds. The Bertz CT molecular complexity index is 1640. The van der Waals surface area contributed by atoms with Gasteiger partial charge in [0.2, 0.25) is 0 Å². The number of carboxylic acid groups (broad SMARTS) is 1. The van der Waals surface area contributed by atoms with Gasteiger partial charge in [-0.3, -0.25) is 4.31 Å². The molecule has 0 saturated heterocycles. The molecule has 2 aromatic heterocycles. The van der Waals surface area contributed by atoms with Crippen molar-refractivity contribution in [2.75, 3.05) is 17.5 Å². The van der Waals surface area contributed by atoms with Crippen molar-refractivity contribution in [2.45, 2.75) is 11.8 Å². The molecule has 0 atom stereocenters. The van der Waals surface area contributed by atoms with Gasteiger partial charge in [-0.1, -0.05) is 23.7 Å². The monoisotopic (exact) mass is 500 g/mol. The summed E-state index contributed by atoms with van der Waals surface area (Å²) in [5, 5.41) is 9.47. The molecule has 5 rings (SSSR count). The van der Waals surface area contributed by atoms with Crippen LogP contribution in [0, 0.1) is 6.92 Å². The maximum absolute atomic E-state index is 13.6. The highest BCUT2D eigenvalue weighted by molar-refractivity contribution is 7.92. The zero-order chi connectivity index (χ0) is 24.2. The topological polar surface area (TPSA) is 135 Å². The highest BCUT2D eigenvalue weighted by Gasteiger charge is 2.31. The van der Waals surface area contributed by atoms with E-state index in [0.29, 0.717) is 22.5 Å². The maximum atomic E-state index is 13.6. The fourth-order valence-corrected chi connectivity index (χ4v) is 5.59. The van der Waals surface area contributed by atoms with E-state index in [-0.39, 0.29) is 40.1 Å². The van der Waals surface area contributed by atoms with Gasteiger partial charge in [0.1, 0.15) is 12.4 Å². The number of ether oxygens (including phenoxy) is 1. The van der Waals surface area contributed by atoms with E-state index in [4.69, 9.17) is 16.3 Å². The number of pyridine rings is 1. The minimum atomic E-state index is -4.05. The van der Waals surface area contributed by atoms with Crippen LogP contribution < -0.4 is 14.7 Å². The van der Waals surface area contributed by atoms with Crippen molar-refractivity contribution in [3.05, 3.63) is 75.3 Å². The normalized spacial score (nSPS) is 13.5.